The van der Waals surface area contributed by atoms with Crippen LogP contribution in [-0.2, 0) is 9.13 Å². The molecule has 0 heterocycles. The maximum Gasteiger partial charge on any atom is 0.328 e. The average molecular weight is 260 g/mol. The zero-order chi connectivity index (χ0) is 12.1. The van der Waals surface area contributed by atoms with Crippen LogP contribution in [0.4, 0.5) is 0 Å². The minimum absolute atomic E-state index is 0.130. The molecule has 4 N–H and O–H groups in total. The predicted molar refractivity (Wildman–Crippen MR) is 56.9 cm³/mol. The molecule has 92 valence electrons. The molecule has 0 aromatic heterocycles. The molecule has 0 amide bonds. The fraction of sp³-hybridized carbons (Fsp3) is 1.00. The normalized spacial score (nSPS) is 15.3. The summed E-state index contributed by atoms with van der Waals surface area (Å²) in [6.07, 6.45) is 1.16. The molecular weight excluding hydrogens is 242 g/mol. The van der Waals surface area contributed by atoms with E-state index in [1.54, 1.807) is 0 Å². The van der Waals surface area contributed by atoms with Crippen molar-refractivity contribution in [1.29, 1.82) is 0 Å². The lowest BCUT2D eigenvalue weighted by Gasteiger charge is -2.18. The van der Waals surface area contributed by atoms with Gasteiger partial charge in [-0.1, -0.05) is 19.8 Å². The Labute approximate surface area is 89.0 Å². The fourth-order valence-electron chi connectivity index (χ4n) is 1.24. The van der Waals surface area contributed by atoms with Gasteiger partial charge in [0.25, 0.3) is 0 Å². The van der Waals surface area contributed by atoms with E-state index < -0.39 is 27.0 Å². The van der Waals surface area contributed by atoms with E-state index in [-0.39, 0.29) is 6.42 Å². The third-order valence-electron chi connectivity index (χ3n) is 2.12. The molecule has 0 aliphatic rings. The van der Waals surface area contributed by atoms with Crippen LogP contribution in [0.1, 0.15) is 32.6 Å². The van der Waals surface area contributed by atoms with Gasteiger partial charge in [0.15, 0.2) is 0 Å². The van der Waals surface area contributed by atoms with Gasteiger partial charge in [-0.3, -0.25) is 9.13 Å². The number of rotatable bonds is 7. The number of unbranched alkanes of at least 4 members (excludes halogenated alkanes) is 1. The second kappa shape index (κ2) is 6.14. The van der Waals surface area contributed by atoms with Crippen LogP contribution in [0.3, 0.4) is 0 Å². The lowest BCUT2D eigenvalue weighted by molar-refractivity contribution is 0.346. The Hall–Kier alpha value is 0.300. The molecule has 0 fully saturated rings. The summed E-state index contributed by atoms with van der Waals surface area (Å²) in [6, 6.07) is 0. The monoisotopic (exact) mass is 260 g/mol. The standard InChI is InChI=1S/C7H18O6P2/c1-2-3-4-7(15(11,12)13)5-6-14(8,9)10/h7H,2-6H2,1H3,(H2,8,9,10)(H2,11,12,13). The van der Waals surface area contributed by atoms with E-state index in [1.165, 1.54) is 0 Å². The maximum absolute atomic E-state index is 11.0. The van der Waals surface area contributed by atoms with E-state index in [1.807, 2.05) is 6.92 Å². The van der Waals surface area contributed by atoms with Crippen LogP contribution in [0.15, 0.2) is 0 Å². The van der Waals surface area contributed by atoms with Crippen molar-refractivity contribution in [3.63, 3.8) is 0 Å². The first-order valence-electron chi connectivity index (χ1n) is 4.76. The van der Waals surface area contributed by atoms with Gasteiger partial charge in [-0.2, -0.15) is 0 Å². The van der Waals surface area contributed by atoms with Crippen molar-refractivity contribution < 1.29 is 28.7 Å². The average Bonchev–Trinajstić information content (AvgIpc) is 1.99. The third-order valence-corrected chi connectivity index (χ3v) is 4.43. The molecule has 6 nitrogen and oxygen atoms in total. The topological polar surface area (TPSA) is 115 Å². The minimum atomic E-state index is -4.23. The molecule has 1 unspecified atom stereocenters. The van der Waals surface area contributed by atoms with Crippen LogP contribution in [0, 0.1) is 0 Å². The Kier molecular flexibility index (Phi) is 6.26. The molecule has 0 radical (unpaired) electrons. The summed E-state index contributed by atoms with van der Waals surface area (Å²) in [4.78, 5) is 35.1. The second-order valence-corrected chi connectivity index (χ2v) is 7.25. The first kappa shape index (κ1) is 15.3. The van der Waals surface area contributed by atoms with E-state index in [4.69, 9.17) is 19.6 Å². The third kappa shape index (κ3) is 8.14. The molecule has 8 heteroatoms. The molecule has 0 aromatic rings. The van der Waals surface area contributed by atoms with Gasteiger partial charge < -0.3 is 19.6 Å². The molecule has 0 aromatic carbocycles. The number of hydrogen-bond acceptors (Lipinski definition) is 2. The Morgan fingerprint density at radius 3 is 1.93 bits per heavy atom. The SMILES string of the molecule is CCCCC(CCP(=O)(O)O)P(=O)(O)O. The summed E-state index contributed by atoms with van der Waals surface area (Å²) in [5.74, 6) is 0. The predicted octanol–water partition coefficient (Wildman–Crippen LogP) is 1.29. The van der Waals surface area contributed by atoms with Gasteiger partial charge >= 0.3 is 15.2 Å². The summed E-state index contributed by atoms with van der Waals surface area (Å²) >= 11 is 0. The highest BCUT2D eigenvalue weighted by molar-refractivity contribution is 7.53. The van der Waals surface area contributed by atoms with Gasteiger partial charge in [0.05, 0.1) is 11.8 Å². The van der Waals surface area contributed by atoms with Crippen molar-refractivity contribution in [2.45, 2.75) is 38.3 Å². The van der Waals surface area contributed by atoms with E-state index in [0.717, 1.165) is 6.42 Å². The van der Waals surface area contributed by atoms with Crippen LogP contribution in [0.2, 0.25) is 0 Å². The Morgan fingerprint density at radius 2 is 1.60 bits per heavy atom. The molecule has 0 spiro atoms. The van der Waals surface area contributed by atoms with Crippen molar-refractivity contribution in [1.82, 2.24) is 0 Å². The first-order chi connectivity index (χ1) is 6.67. The summed E-state index contributed by atoms with van der Waals surface area (Å²) in [5.41, 5.74) is -0.926. The summed E-state index contributed by atoms with van der Waals surface area (Å²) in [7, 11) is -8.40. The Bertz CT molecular complexity index is 267. The second-order valence-electron chi connectivity index (χ2n) is 3.56. The highest BCUT2D eigenvalue weighted by Gasteiger charge is 2.30. The quantitative estimate of drug-likeness (QED) is 0.513. The van der Waals surface area contributed by atoms with Gasteiger partial charge in [-0.25, -0.2) is 0 Å². The van der Waals surface area contributed by atoms with Crippen molar-refractivity contribution in [2.75, 3.05) is 6.16 Å². The minimum Gasteiger partial charge on any atom is -0.324 e. The molecule has 0 saturated heterocycles. The summed E-state index contributed by atoms with van der Waals surface area (Å²) in [6.45, 7) is 1.89. The molecule has 0 aliphatic heterocycles. The lowest BCUT2D eigenvalue weighted by Crippen LogP contribution is -2.10. The van der Waals surface area contributed by atoms with Crippen molar-refractivity contribution in [3.8, 4) is 0 Å². The van der Waals surface area contributed by atoms with Crippen LogP contribution in [0.25, 0.3) is 0 Å². The van der Waals surface area contributed by atoms with Gasteiger partial charge in [-0.15, -0.1) is 0 Å². The Morgan fingerprint density at radius 1 is 1.07 bits per heavy atom. The van der Waals surface area contributed by atoms with Gasteiger partial charge in [0, 0.05) is 0 Å². The zero-order valence-electron chi connectivity index (χ0n) is 8.61. The maximum atomic E-state index is 11.0. The molecule has 15 heavy (non-hydrogen) atoms. The van der Waals surface area contributed by atoms with Gasteiger partial charge in [-0.05, 0) is 12.8 Å². The molecule has 0 aliphatic carbocycles. The van der Waals surface area contributed by atoms with Crippen LogP contribution >= 0.6 is 15.2 Å². The summed E-state index contributed by atoms with van der Waals surface area (Å²) in [5, 5.41) is 0. The molecule has 0 bridgehead atoms. The smallest absolute Gasteiger partial charge is 0.324 e. The zero-order valence-corrected chi connectivity index (χ0v) is 10.4. The molecule has 0 rings (SSSR count). The van der Waals surface area contributed by atoms with Crippen LogP contribution < -0.4 is 0 Å². The van der Waals surface area contributed by atoms with E-state index in [0.29, 0.717) is 12.8 Å². The Balaban J connectivity index is 4.27. The lowest BCUT2D eigenvalue weighted by atomic mass is 10.2. The van der Waals surface area contributed by atoms with Gasteiger partial charge in [0.1, 0.15) is 0 Å². The van der Waals surface area contributed by atoms with Crippen LogP contribution in [0.5, 0.6) is 0 Å². The first-order valence-corrected chi connectivity index (χ1v) is 8.24. The largest absolute Gasteiger partial charge is 0.328 e. The van der Waals surface area contributed by atoms with Crippen molar-refractivity contribution >= 4 is 15.2 Å². The van der Waals surface area contributed by atoms with Gasteiger partial charge in [0.2, 0.25) is 0 Å². The highest BCUT2D eigenvalue weighted by Crippen LogP contribution is 2.48. The van der Waals surface area contributed by atoms with Crippen molar-refractivity contribution in [3.05, 3.63) is 0 Å². The van der Waals surface area contributed by atoms with E-state index >= 15 is 0 Å². The van der Waals surface area contributed by atoms with Crippen molar-refractivity contribution in [2.24, 2.45) is 0 Å². The molecular formula is C7H18O6P2. The van der Waals surface area contributed by atoms with E-state index in [2.05, 4.69) is 0 Å². The molecule has 0 saturated carbocycles. The fourth-order valence-corrected chi connectivity index (χ4v) is 3.07. The highest BCUT2D eigenvalue weighted by atomic mass is 31.2. The number of hydrogen-bond donors (Lipinski definition) is 4. The van der Waals surface area contributed by atoms with E-state index in [9.17, 15) is 9.13 Å². The summed E-state index contributed by atoms with van der Waals surface area (Å²) < 4.78 is 21.6. The molecule has 1 atom stereocenters. The van der Waals surface area contributed by atoms with Crippen LogP contribution in [-0.4, -0.2) is 31.4 Å².